The van der Waals surface area contributed by atoms with E-state index in [1.165, 1.54) is 0 Å². The zero-order chi connectivity index (χ0) is 21.6. The number of aliphatic hydroxyl groups excluding tert-OH is 2. The SMILES string of the molecule is CCO.C[C@]12CCC(=O)C=C1CC[C@@H]1[C@@H]2C(=O)C[C@@]2(C)[C@H]1CC[C@]2(O)C(=O)CO. The smallest absolute Gasteiger partial charge is 0.190 e. The monoisotopic (exact) mass is 406 g/mol. The van der Waals surface area contributed by atoms with Crippen LogP contribution in [0.3, 0.4) is 0 Å². The highest BCUT2D eigenvalue weighted by molar-refractivity contribution is 5.94. The van der Waals surface area contributed by atoms with E-state index in [2.05, 4.69) is 6.92 Å². The molecule has 0 spiro atoms. The maximum absolute atomic E-state index is 13.3. The molecule has 0 unspecified atom stereocenters. The lowest BCUT2D eigenvalue weighted by molar-refractivity contribution is -0.170. The molecular weight excluding hydrogens is 372 g/mol. The molecule has 4 aliphatic rings. The van der Waals surface area contributed by atoms with Crippen LogP contribution in [0.1, 0.15) is 65.7 Å². The molecule has 162 valence electrons. The van der Waals surface area contributed by atoms with Gasteiger partial charge in [0.2, 0.25) is 0 Å². The molecule has 3 N–H and O–H groups in total. The van der Waals surface area contributed by atoms with Crippen LogP contribution in [0.15, 0.2) is 11.6 Å². The predicted octanol–water partition coefficient (Wildman–Crippen LogP) is 1.99. The molecule has 0 aromatic carbocycles. The van der Waals surface area contributed by atoms with Crippen molar-refractivity contribution in [1.82, 2.24) is 0 Å². The van der Waals surface area contributed by atoms with E-state index < -0.39 is 23.4 Å². The summed E-state index contributed by atoms with van der Waals surface area (Å²) in [5, 5.41) is 28.1. The van der Waals surface area contributed by atoms with Crippen LogP contribution in [0.2, 0.25) is 0 Å². The van der Waals surface area contributed by atoms with E-state index in [-0.39, 0.29) is 47.8 Å². The lowest BCUT2D eigenvalue weighted by atomic mass is 9.46. The van der Waals surface area contributed by atoms with E-state index in [1.807, 2.05) is 6.92 Å². The summed E-state index contributed by atoms with van der Waals surface area (Å²) in [6, 6.07) is 0. The molecule has 0 bridgehead atoms. The Morgan fingerprint density at radius 3 is 2.41 bits per heavy atom. The van der Waals surface area contributed by atoms with Crippen LogP contribution in [0.5, 0.6) is 0 Å². The third-order valence-electron chi connectivity index (χ3n) is 8.41. The van der Waals surface area contributed by atoms with Gasteiger partial charge >= 0.3 is 0 Å². The fourth-order valence-electron chi connectivity index (χ4n) is 6.98. The summed E-state index contributed by atoms with van der Waals surface area (Å²) >= 11 is 0. The molecule has 0 radical (unpaired) electrons. The summed E-state index contributed by atoms with van der Waals surface area (Å²) in [4.78, 5) is 37.5. The standard InChI is InChI=1S/C21H28O5.C2H6O/c1-19-7-5-13(23)9-12(19)3-4-14-15-6-8-21(26,17(25)11-22)20(15,2)10-16(24)18(14)19;1-2-3/h9,14-15,18,22,26H,3-8,10-11H2,1-2H3;3H,2H2,1H3/t14-,15-,18+,19-,20-,21-;/m0./s1. The molecule has 3 fully saturated rings. The Kier molecular flexibility index (Phi) is 5.93. The van der Waals surface area contributed by atoms with Crippen molar-refractivity contribution in [3.63, 3.8) is 0 Å². The quantitative estimate of drug-likeness (QED) is 0.647. The van der Waals surface area contributed by atoms with Crippen LogP contribution in [0.25, 0.3) is 0 Å². The number of carbonyl (C=O) groups excluding carboxylic acids is 3. The van der Waals surface area contributed by atoms with Crippen molar-refractivity contribution in [2.24, 2.45) is 28.6 Å². The van der Waals surface area contributed by atoms with Gasteiger partial charge in [0.15, 0.2) is 11.6 Å². The molecule has 4 aliphatic carbocycles. The molecule has 6 heteroatoms. The molecule has 6 nitrogen and oxygen atoms in total. The molecule has 0 aromatic heterocycles. The minimum absolute atomic E-state index is 0.0988. The first-order chi connectivity index (χ1) is 13.6. The Morgan fingerprint density at radius 2 is 1.79 bits per heavy atom. The zero-order valence-electron chi connectivity index (χ0n) is 17.7. The fraction of sp³-hybridized carbons (Fsp3) is 0.783. The van der Waals surface area contributed by atoms with Crippen LogP contribution in [-0.4, -0.2) is 51.5 Å². The van der Waals surface area contributed by atoms with Gasteiger partial charge in [-0.2, -0.15) is 0 Å². The maximum atomic E-state index is 13.3. The second kappa shape index (κ2) is 7.71. The largest absolute Gasteiger partial charge is 0.397 e. The van der Waals surface area contributed by atoms with Gasteiger partial charge in [0.05, 0.1) is 0 Å². The van der Waals surface area contributed by atoms with Gasteiger partial charge in [-0.05, 0) is 62.4 Å². The minimum Gasteiger partial charge on any atom is -0.397 e. The predicted molar refractivity (Wildman–Crippen MR) is 107 cm³/mol. The van der Waals surface area contributed by atoms with Crippen molar-refractivity contribution in [2.75, 3.05) is 13.2 Å². The zero-order valence-corrected chi connectivity index (χ0v) is 17.7. The van der Waals surface area contributed by atoms with Crippen LogP contribution in [0, 0.1) is 28.6 Å². The molecule has 0 aromatic rings. The van der Waals surface area contributed by atoms with Crippen molar-refractivity contribution in [2.45, 2.75) is 71.3 Å². The molecular formula is C23H34O6. The average molecular weight is 407 g/mol. The molecule has 0 saturated heterocycles. The maximum Gasteiger partial charge on any atom is 0.190 e. The van der Waals surface area contributed by atoms with Crippen LogP contribution >= 0.6 is 0 Å². The van der Waals surface area contributed by atoms with Gasteiger partial charge in [-0.15, -0.1) is 0 Å². The van der Waals surface area contributed by atoms with E-state index in [9.17, 15) is 24.6 Å². The molecule has 4 rings (SSSR count). The van der Waals surface area contributed by atoms with Crippen molar-refractivity contribution in [1.29, 1.82) is 0 Å². The van der Waals surface area contributed by atoms with Gasteiger partial charge in [-0.3, -0.25) is 14.4 Å². The average Bonchev–Trinajstić information content (AvgIpc) is 2.93. The van der Waals surface area contributed by atoms with Crippen molar-refractivity contribution in [3.8, 4) is 0 Å². The summed E-state index contributed by atoms with van der Waals surface area (Å²) in [6.45, 7) is 5.24. The van der Waals surface area contributed by atoms with Gasteiger partial charge in [-0.25, -0.2) is 0 Å². The normalized spacial score (nSPS) is 43.4. The Morgan fingerprint density at radius 1 is 1.14 bits per heavy atom. The van der Waals surface area contributed by atoms with Gasteiger partial charge in [0.25, 0.3) is 0 Å². The number of hydrogen-bond donors (Lipinski definition) is 3. The third kappa shape index (κ3) is 3.15. The van der Waals surface area contributed by atoms with Crippen molar-refractivity contribution >= 4 is 17.3 Å². The fourth-order valence-corrected chi connectivity index (χ4v) is 6.98. The number of fused-ring (bicyclic) bond motifs is 5. The summed E-state index contributed by atoms with van der Waals surface area (Å²) in [5.41, 5.74) is -1.55. The number of carbonyl (C=O) groups is 3. The summed E-state index contributed by atoms with van der Waals surface area (Å²) < 4.78 is 0. The lowest BCUT2D eigenvalue weighted by Gasteiger charge is -2.57. The van der Waals surface area contributed by atoms with E-state index in [0.29, 0.717) is 25.7 Å². The van der Waals surface area contributed by atoms with Crippen LogP contribution in [-0.2, 0) is 14.4 Å². The summed E-state index contributed by atoms with van der Waals surface area (Å²) in [7, 11) is 0. The first-order valence-electron chi connectivity index (χ1n) is 10.8. The number of rotatable bonds is 2. The lowest BCUT2D eigenvalue weighted by Crippen LogP contribution is -2.60. The number of aliphatic hydroxyl groups is 3. The molecule has 3 saturated carbocycles. The molecule has 0 heterocycles. The second-order valence-electron chi connectivity index (χ2n) is 9.70. The van der Waals surface area contributed by atoms with E-state index in [4.69, 9.17) is 5.11 Å². The Labute approximate surface area is 172 Å². The second-order valence-corrected chi connectivity index (χ2v) is 9.70. The highest BCUT2D eigenvalue weighted by Gasteiger charge is 2.68. The van der Waals surface area contributed by atoms with E-state index in [0.717, 1.165) is 18.4 Å². The Balaban J connectivity index is 0.000000755. The van der Waals surface area contributed by atoms with E-state index >= 15 is 0 Å². The highest BCUT2D eigenvalue weighted by atomic mass is 16.3. The summed E-state index contributed by atoms with van der Waals surface area (Å²) in [6.07, 6.45) is 5.83. The highest BCUT2D eigenvalue weighted by Crippen LogP contribution is 2.66. The summed E-state index contributed by atoms with van der Waals surface area (Å²) in [5.74, 6) is -0.172. The first kappa shape index (κ1) is 22.3. The molecule has 0 amide bonds. The van der Waals surface area contributed by atoms with Gasteiger partial charge in [0, 0.05) is 30.8 Å². The molecule has 29 heavy (non-hydrogen) atoms. The topological polar surface area (TPSA) is 112 Å². The molecule has 6 atom stereocenters. The number of ketones is 3. The number of Topliss-reactive ketones (excluding diaryl/α,β-unsaturated/α-hetero) is 2. The number of hydrogen-bond acceptors (Lipinski definition) is 6. The van der Waals surface area contributed by atoms with Gasteiger partial charge in [0.1, 0.15) is 18.0 Å². The Hall–Kier alpha value is -1.37. The van der Waals surface area contributed by atoms with Gasteiger partial charge < -0.3 is 15.3 Å². The minimum atomic E-state index is -1.60. The van der Waals surface area contributed by atoms with Crippen molar-refractivity contribution in [3.05, 3.63) is 11.6 Å². The Bertz CT molecular complexity index is 742. The van der Waals surface area contributed by atoms with E-state index in [1.54, 1.807) is 13.0 Å². The first-order valence-corrected chi connectivity index (χ1v) is 10.8. The number of allylic oxidation sites excluding steroid dienone is 1. The molecule has 0 aliphatic heterocycles. The van der Waals surface area contributed by atoms with Crippen molar-refractivity contribution < 1.29 is 29.7 Å². The van der Waals surface area contributed by atoms with Crippen LogP contribution < -0.4 is 0 Å². The van der Waals surface area contributed by atoms with Crippen LogP contribution in [0.4, 0.5) is 0 Å². The third-order valence-corrected chi connectivity index (χ3v) is 8.41. The van der Waals surface area contributed by atoms with Gasteiger partial charge in [-0.1, -0.05) is 19.4 Å².